The van der Waals surface area contributed by atoms with E-state index in [4.69, 9.17) is 4.74 Å². The SMILES string of the molecule is O=C(NC1CCOCC1)[C@H]1CCNC1. The molecule has 0 aliphatic carbocycles. The van der Waals surface area contributed by atoms with E-state index < -0.39 is 0 Å². The van der Waals surface area contributed by atoms with Crippen LogP contribution in [0.25, 0.3) is 0 Å². The zero-order valence-corrected chi connectivity index (χ0v) is 8.42. The van der Waals surface area contributed by atoms with Gasteiger partial charge in [-0.3, -0.25) is 4.79 Å². The van der Waals surface area contributed by atoms with E-state index in [2.05, 4.69) is 10.6 Å². The molecule has 0 saturated carbocycles. The smallest absolute Gasteiger partial charge is 0.224 e. The second-order valence-electron chi connectivity index (χ2n) is 4.08. The van der Waals surface area contributed by atoms with Gasteiger partial charge in [-0.2, -0.15) is 0 Å². The Balaban J connectivity index is 1.75. The molecular weight excluding hydrogens is 180 g/mol. The second-order valence-corrected chi connectivity index (χ2v) is 4.08. The van der Waals surface area contributed by atoms with E-state index in [0.29, 0.717) is 6.04 Å². The first-order chi connectivity index (χ1) is 6.86. The van der Waals surface area contributed by atoms with Crippen LogP contribution in [0.15, 0.2) is 0 Å². The molecule has 4 nitrogen and oxygen atoms in total. The van der Waals surface area contributed by atoms with Gasteiger partial charge in [0.15, 0.2) is 0 Å². The van der Waals surface area contributed by atoms with Crippen molar-refractivity contribution in [1.29, 1.82) is 0 Å². The standard InChI is InChI=1S/C10H18N2O2/c13-10(8-1-4-11-7-8)12-9-2-5-14-6-3-9/h8-9,11H,1-7H2,(H,12,13)/t8-/m0/s1. The van der Waals surface area contributed by atoms with Crippen molar-refractivity contribution in [1.82, 2.24) is 10.6 Å². The summed E-state index contributed by atoms with van der Waals surface area (Å²) in [5, 5.41) is 6.31. The lowest BCUT2D eigenvalue weighted by atomic mass is 10.1. The van der Waals surface area contributed by atoms with Gasteiger partial charge in [-0.25, -0.2) is 0 Å². The first-order valence-corrected chi connectivity index (χ1v) is 5.45. The predicted molar refractivity (Wildman–Crippen MR) is 53.0 cm³/mol. The van der Waals surface area contributed by atoms with Crippen LogP contribution in [0.5, 0.6) is 0 Å². The fourth-order valence-corrected chi connectivity index (χ4v) is 2.04. The number of carbonyl (C=O) groups excluding carboxylic acids is 1. The Bertz CT molecular complexity index is 196. The lowest BCUT2D eigenvalue weighted by molar-refractivity contribution is -0.125. The van der Waals surface area contributed by atoms with Crippen LogP contribution in [0.1, 0.15) is 19.3 Å². The third kappa shape index (κ3) is 2.45. The van der Waals surface area contributed by atoms with Crippen molar-refractivity contribution in [3.8, 4) is 0 Å². The number of amides is 1. The Morgan fingerprint density at radius 2 is 2.07 bits per heavy atom. The quantitative estimate of drug-likeness (QED) is 0.651. The molecule has 0 bridgehead atoms. The third-order valence-corrected chi connectivity index (χ3v) is 3.00. The van der Waals surface area contributed by atoms with Gasteiger partial charge in [-0.15, -0.1) is 0 Å². The molecule has 4 heteroatoms. The summed E-state index contributed by atoms with van der Waals surface area (Å²) in [4.78, 5) is 11.7. The lowest BCUT2D eigenvalue weighted by Crippen LogP contribution is -2.42. The summed E-state index contributed by atoms with van der Waals surface area (Å²) < 4.78 is 5.24. The van der Waals surface area contributed by atoms with Gasteiger partial charge >= 0.3 is 0 Å². The van der Waals surface area contributed by atoms with E-state index in [0.717, 1.165) is 45.6 Å². The molecule has 2 aliphatic rings. The van der Waals surface area contributed by atoms with Crippen molar-refractivity contribution in [2.75, 3.05) is 26.3 Å². The van der Waals surface area contributed by atoms with Crippen LogP contribution in [0.2, 0.25) is 0 Å². The van der Waals surface area contributed by atoms with Crippen molar-refractivity contribution in [3.63, 3.8) is 0 Å². The highest BCUT2D eigenvalue weighted by Gasteiger charge is 2.25. The largest absolute Gasteiger partial charge is 0.381 e. The molecule has 2 fully saturated rings. The third-order valence-electron chi connectivity index (χ3n) is 3.00. The maximum atomic E-state index is 11.7. The maximum absolute atomic E-state index is 11.7. The number of ether oxygens (including phenoxy) is 1. The fourth-order valence-electron chi connectivity index (χ4n) is 2.04. The molecule has 2 N–H and O–H groups in total. The van der Waals surface area contributed by atoms with Gasteiger partial charge in [-0.05, 0) is 25.8 Å². The molecule has 0 radical (unpaired) electrons. The molecule has 14 heavy (non-hydrogen) atoms. The molecule has 0 unspecified atom stereocenters. The van der Waals surface area contributed by atoms with Crippen LogP contribution in [0.3, 0.4) is 0 Å². The minimum Gasteiger partial charge on any atom is -0.381 e. The van der Waals surface area contributed by atoms with E-state index >= 15 is 0 Å². The molecule has 0 spiro atoms. The van der Waals surface area contributed by atoms with Gasteiger partial charge in [-0.1, -0.05) is 0 Å². The Morgan fingerprint density at radius 1 is 1.29 bits per heavy atom. The van der Waals surface area contributed by atoms with Crippen molar-refractivity contribution in [3.05, 3.63) is 0 Å². The predicted octanol–water partition coefficient (Wildman–Crippen LogP) is -0.109. The maximum Gasteiger partial charge on any atom is 0.224 e. The van der Waals surface area contributed by atoms with Crippen LogP contribution in [0.4, 0.5) is 0 Å². The zero-order chi connectivity index (χ0) is 9.80. The topological polar surface area (TPSA) is 50.4 Å². The van der Waals surface area contributed by atoms with E-state index in [1.807, 2.05) is 0 Å². The van der Waals surface area contributed by atoms with E-state index in [9.17, 15) is 4.79 Å². The molecule has 2 rings (SSSR count). The number of hydrogen-bond acceptors (Lipinski definition) is 3. The lowest BCUT2D eigenvalue weighted by Gasteiger charge is -2.24. The van der Waals surface area contributed by atoms with E-state index in [1.165, 1.54) is 0 Å². The summed E-state index contributed by atoms with van der Waals surface area (Å²) in [5.74, 6) is 0.416. The summed E-state index contributed by atoms with van der Waals surface area (Å²) in [6.07, 6.45) is 2.91. The highest BCUT2D eigenvalue weighted by Crippen LogP contribution is 2.11. The van der Waals surface area contributed by atoms with Gasteiger partial charge < -0.3 is 15.4 Å². The van der Waals surface area contributed by atoms with Crippen LogP contribution in [0, 0.1) is 5.92 Å². The summed E-state index contributed by atoms with van der Waals surface area (Å²) in [5.41, 5.74) is 0. The minimum absolute atomic E-state index is 0.192. The first kappa shape index (κ1) is 9.93. The summed E-state index contributed by atoms with van der Waals surface area (Å²) in [7, 11) is 0. The Morgan fingerprint density at radius 3 is 2.71 bits per heavy atom. The average molecular weight is 198 g/mol. The van der Waals surface area contributed by atoms with Gasteiger partial charge in [0, 0.05) is 25.8 Å². The number of nitrogens with one attached hydrogen (secondary N) is 2. The number of rotatable bonds is 2. The van der Waals surface area contributed by atoms with Crippen LogP contribution < -0.4 is 10.6 Å². The Hall–Kier alpha value is -0.610. The number of hydrogen-bond donors (Lipinski definition) is 2. The molecular formula is C10H18N2O2. The van der Waals surface area contributed by atoms with Gasteiger partial charge in [0.05, 0.1) is 5.92 Å². The van der Waals surface area contributed by atoms with E-state index in [1.54, 1.807) is 0 Å². The number of carbonyl (C=O) groups is 1. The van der Waals surface area contributed by atoms with Crippen molar-refractivity contribution < 1.29 is 9.53 Å². The van der Waals surface area contributed by atoms with Gasteiger partial charge in [0.2, 0.25) is 5.91 Å². The molecule has 1 atom stereocenters. The second kappa shape index (κ2) is 4.75. The minimum atomic E-state index is 0.192. The first-order valence-electron chi connectivity index (χ1n) is 5.45. The summed E-state index contributed by atoms with van der Waals surface area (Å²) in [6, 6.07) is 0.344. The van der Waals surface area contributed by atoms with E-state index in [-0.39, 0.29) is 11.8 Å². The molecule has 80 valence electrons. The molecule has 1 amide bonds. The Labute approximate surface area is 84.4 Å². The normalized spacial score (nSPS) is 29.0. The molecule has 0 aromatic rings. The highest BCUT2D eigenvalue weighted by atomic mass is 16.5. The fraction of sp³-hybridized carbons (Fsp3) is 0.900. The molecule has 0 aromatic carbocycles. The monoisotopic (exact) mass is 198 g/mol. The Kier molecular flexibility index (Phi) is 3.37. The van der Waals surface area contributed by atoms with Gasteiger partial charge in [0.25, 0.3) is 0 Å². The molecule has 2 aliphatic heterocycles. The zero-order valence-electron chi connectivity index (χ0n) is 8.42. The molecule has 2 heterocycles. The molecule has 0 aromatic heterocycles. The van der Waals surface area contributed by atoms with Crippen molar-refractivity contribution in [2.24, 2.45) is 5.92 Å². The van der Waals surface area contributed by atoms with Crippen LogP contribution >= 0.6 is 0 Å². The van der Waals surface area contributed by atoms with Crippen LogP contribution in [-0.2, 0) is 9.53 Å². The summed E-state index contributed by atoms with van der Waals surface area (Å²) >= 11 is 0. The van der Waals surface area contributed by atoms with Gasteiger partial charge in [0.1, 0.15) is 0 Å². The van der Waals surface area contributed by atoms with Crippen molar-refractivity contribution in [2.45, 2.75) is 25.3 Å². The van der Waals surface area contributed by atoms with Crippen LogP contribution in [-0.4, -0.2) is 38.3 Å². The average Bonchev–Trinajstić information content (AvgIpc) is 2.72. The van der Waals surface area contributed by atoms with Crippen molar-refractivity contribution >= 4 is 5.91 Å². The summed E-state index contributed by atoms with van der Waals surface area (Å²) in [6.45, 7) is 3.39. The highest BCUT2D eigenvalue weighted by molar-refractivity contribution is 5.79. The molecule has 2 saturated heterocycles.